The molecule has 12 heteroatoms. The van der Waals surface area contributed by atoms with E-state index in [2.05, 4.69) is 45.1 Å². The van der Waals surface area contributed by atoms with Crippen molar-refractivity contribution in [3.63, 3.8) is 0 Å². The average molecular weight is 1010 g/mol. The second-order valence-electron chi connectivity index (χ2n) is 20.3. The largest absolute Gasteiger partial charge is 0.479 e. The van der Waals surface area contributed by atoms with Gasteiger partial charge in [0.25, 0.3) is 0 Å². The summed E-state index contributed by atoms with van der Waals surface area (Å²) < 4.78 is 28.4. The van der Waals surface area contributed by atoms with E-state index in [0.717, 1.165) is 89.9 Å². The zero-order valence-corrected chi connectivity index (χ0v) is 45.5. The van der Waals surface area contributed by atoms with Crippen LogP contribution in [-0.2, 0) is 42.9 Å². The molecule has 1 fully saturated rings. The van der Waals surface area contributed by atoms with Crippen LogP contribution in [0.15, 0.2) is 24.3 Å². The second kappa shape index (κ2) is 48.2. The summed E-state index contributed by atoms with van der Waals surface area (Å²) in [4.78, 5) is 51.0. The first-order valence-corrected chi connectivity index (χ1v) is 29.3. The molecule has 1 heterocycles. The van der Waals surface area contributed by atoms with Gasteiger partial charge in [-0.3, -0.25) is 14.4 Å². The third-order valence-electron chi connectivity index (χ3n) is 13.5. The number of aliphatic hydroxyl groups excluding tert-OH is 2. The maximum atomic E-state index is 13.1. The lowest BCUT2D eigenvalue weighted by Crippen LogP contribution is -2.61. The molecule has 12 nitrogen and oxygen atoms in total. The predicted octanol–water partition coefficient (Wildman–Crippen LogP) is 14.7. The summed E-state index contributed by atoms with van der Waals surface area (Å²) in [6.45, 7) is 5.94. The third-order valence-corrected chi connectivity index (χ3v) is 13.5. The number of unbranched alkanes of at least 4 members (excludes halogenated alkanes) is 32. The lowest BCUT2D eigenvalue weighted by Gasteiger charge is -2.40. The fourth-order valence-corrected chi connectivity index (χ4v) is 9.00. The van der Waals surface area contributed by atoms with Crippen molar-refractivity contribution >= 4 is 23.9 Å². The fourth-order valence-electron chi connectivity index (χ4n) is 9.00. The molecule has 1 aliphatic rings. The molecule has 0 bridgehead atoms. The number of hydrogen-bond acceptors (Lipinski definition) is 11. The van der Waals surface area contributed by atoms with Gasteiger partial charge in [0.05, 0.1) is 6.61 Å². The molecule has 0 aromatic carbocycles. The molecule has 1 saturated heterocycles. The van der Waals surface area contributed by atoms with Crippen LogP contribution in [0.2, 0.25) is 0 Å². The van der Waals surface area contributed by atoms with Gasteiger partial charge in [-0.1, -0.05) is 238 Å². The van der Waals surface area contributed by atoms with E-state index in [-0.39, 0.29) is 25.9 Å². The van der Waals surface area contributed by atoms with E-state index in [9.17, 15) is 34.5 Å². The van der Waals surface area contributed by atoms with Crippen molar-refractivity contribution in [1.82, 2.24) is 0 Å². The number of ether oxygens (including phenoxy) is 5. The number of allylic oxidation sites excluding steroid dienone is 4. The van der Waals surface area contributed by atoms with Crippen molar-refractivity contribution < 1.29 is 58.2 Å². The van der Waals surface area contributed by atoms with E-state index in [0.29, 0.717) is 19.3 Å². The van der Waals surface area contributed by atoms with E-state index in [1.54, 1.807) is 0 Å². The Hall–Kier alpha value is -2.80. The highest BCUT2D eigenvalue weighted by molar-refractivity contribution is 5.74. The number of esters is 3. The molecule has 0 spiro atoms. The molecular weight excluding hydrogens is 901 g/mol. The number of aliphatic hydroxyl groups is 2. The van der Waals surface area contributed by atoms with Crippen molar-refractivity contribution in [2.24, 2.45) is 0 Å². The van der Waals surface area contributed by atoms with Crippen LogP contribution >= 0.6 is 0 Å². The molecule has 3 N–H and O–H groups in total. The molecule has 6 atom stereocenters. The highest BCUT2D eigenvalue weighted by atomic mass is 16.7. The smallest absolute Gasteiger partial charge is 0.335 e. The molecule has 0 radical (unpaired) electrons. The molecule has 0 aromatic rings. The minimum atomic E-state index is -1.90. The minimum Gasteiger partial charge on any atom is -0.479 e. The van der Waals surface area contributed by atoms with E-state index >= 15 is 0 Å². The van der Waals surface area contributed by atoms with E-state index in [4.69, 9.17) is 23.7 Å². The van der Waals surface area contributed by atoms with Gasteiger partial charge in [0, 0.05) is 19.3 Å². The molecule has 0 saturated carbocycles. The maximum Gasteiger partial charge on any atom is 0.335 e. The Morgan fingerprint density at radius 3 is 1.32 bits per heavy atom. The lowest BCUT2D eigenvalue weighted by molar-refractivity contribution is -0.301. The van der Waals surface area contributed by atoms with Gasteiger partial charge in [0.15, 0.2) is 24.6 Å². The van der Waals surface area contributed by atoms with E-state index < -0.39 is 67.3 Å². The Morgan fingerprint density at radius 1 is 0.465 bits per heavy atom. The molecule has 6 unspecified atom stereocenters. The molecule has 71 heavy (non-hydrogen) atoms. The van der Waals surface area contributed by atoms with E-state index in [1.807, 2.05) is 0 Å². The van der Waals surface area contributed by atoms with Crippen LogP contribution in [0.4, 0.5) is 0 Å². The predicted molar refractivity (Wildman–Crippen MR) is 285 cm³/mol. The molecule has 0 aromatic heterocycles. The molecule has 0 amide bonds. The van der Waals surface area contributed by atoms with Gasteiger partial charge in [-0.25, -0.2) is 4.79 Å². The molecule has 1 aliphatic heterocycles. The Labute approximate surface area is 432 Å². The summed E-state index contributed by atoms with van der Waals surface area (Å²) in [5.74, 6) is -3.11. The fraction of sp³-hybridized carbons (Fsp3) is 0.864. The van der Waals surface area contributed by atoms with Gasteiger partial charge in [-0.2, -0.15) is 0 Å². The van der Waals surface area contributed by atoms with Gasteiger partial charge in [0.1, 0.15) is 18.8 Å². The zero-order chi connectivity index (χ0) is 51.8. The quantitative estimate of drug-likeness (QED) is 0.0228. The first-order chi connectivity index (χ1) is 34.6. The number of rotatable bonds is 50. The standard InChI is InChI=1S/C59H106O12/c1-4-7-10-13-16-19-22-25-26-29-32-35-38-41-44-47-53(62)70-57-55(64)54(63)56(58(65)66)71-59(57)68-49-50(69-52(61)46-43-40-37-34-31-28-24-21-18-15-12-9-6-3)48-67-51(60)45-42-39-36-33-30-27-23-20-17-14-11-8-5-2/h11,14,20,23,50,54-57,59,63-64H,4-10,12-13,15-19,21-22,24-49H2,1-3H3,(H,65,66)/b14-11-,23-20-. The monoisotopic (exact) mass is 1010 g/mol. The average Bonchev–Trinajstić information content (AvgIpc) is 3.35. The Morgan fingerprint density at radius 2 is 0.873 bits per heavy atom. The highest BCUT2D eigenvalue weighted by Crippen LogP contribution is 2.27. The third kappa shape index (κ3) is 38.4. The van der Waals surface area contributed by atoms with E-state index in [1.165, 1.54) is 128 Å². The van der Waals surface area contributed by atoms with Crippen LogP contribution in [0.25, 0.3) is 0 Å². The number of carboxylic acids is 1. The van der Waals surface area contributed by atoms with Crippen molar-refractivity contribution in [2.75, 3.05) is 13.2 Å². The Kier molecular flexibility index (Phi) is 44.9. The lowest BCUT2D eigenvalue weighted by atomic mass is 9.98. The zero-order valence-electron chi connectivity index (χ0n) is 45.5. The topological polar surface area (TPSA) is 175 Å². The van der Waals surface area contributed by atoms with Crippen molar-refractivity contribution in [2.45, 2.75) is 314 Å². The summed E-state index contributed by atoms with van der Waals surface area (Å²) in [6, 6.07) is 0. The number of hydrogen-bond donors (Lipinski definition) is 3. The molecule has 414 valence electrons. The first-order valence-electron chi connectivity index (χ1n) is 29.3. The summed E-state index contributed by atoms with van der Waals surface area (Å²) in [5, 5.41) is 31.4. The Balaban J connectivity index is 2.69. The van der Waals surface area contributed by atoms with Gasteiger partial charge in [-0.05, 0) is 44.9 Å². The second-order valence-corrected chi connectivity index (χ2v) is 20.3. The maximum absolute atomic E-state index is 13.1. The normalized spacial score (nSPS) is 18.6. The molecule has 0 aliphatic carbocycles. The van der Waals surface area contributed by atoms with Crippen LogP contribution < -0.4 is 0 Å². The van der Waals surface area contributed by atoms with Gasteiger partial charge >= 0.3 is 23.9 Å². The van der Waals surface area contributed by atoms with Crippen molar-refractivity contribution in [3.05, 3.63) is 24.3 Å². The summed E-state index contributed by atoms with van der Waals surface area (Å²) in [5.41, 5.74) is 0. The number of carbonyl (C=O) groups excluding carboxylic acids is 3. The van der Waals surface area contributed by atoms with Gasteiger partial charge < -0.3 is 39.0 Å². The number of carboxylic acid groups (broad SMARTS) is 1. The van der Waals surface area contributed by atoms with Gasteiger partial charge in [0.2, 0.25) is 0 Å². The molecule has 1 rings (SSSR count). The van der Waals surface area contributed by atoms with Crippen molar-refractivity contribution in [1.29, 1.82) is 0 Å². The van der Waals surface area contributed by atoms with Crippen LogP contribution in [0, 0.1) is 0 Å². The van der Waals surface area contributed by atoms with Crippen molar-refractivity contribution in [3.8, 4) is 0 Å². The van der Waals surface area contributed by atoms with Gasteiger partial charge in [-0.15, -0.1) is 0 Å². The SMILES string of the molecule is CCC/C=C\C/C=C\CCCCCCCC(=O)OCC(COC1OC(C(=O)O)C(O)C(O)C1OC(=O)CCCCCCCCCCCCCCCCC)OC(=O)CCCCCCCCCCCCCCC. The number of aliphatic carboxylic acids is 1. The summed E-state index contributed by atoms with van der Waals surface area (Å²) in [6.07, 6.45) is 41.5. The summed E-state index contributed by atoms with van der Waals surface area (Å²) >= 11 is 0. The van der Waals surface area contributed by atoms with Crippen LogP contribution in [0.1, 0.15) is 278 Å². The minimum absolute atomic E-state index is 0.0661. The summed E-state index contributed by atoms with van der Waals surface area (Å²) in [7, 11) is 0. The highest BCUT2D eigenvalue weighted by Gasteiger charge is 2.50. The van der Waals surface area contributed by atoms with Crippen LogP contribution in [0.5, 0.6) is 0 Å². The van der Waals surface area contributed by atoms with Crippen LogP contribution in [-0.4, -0.2) is 89.2 Å². The first kappa shape index (κ1) is 66.2. The number of carbonyl (C=O) groups is 4. The molecular formula is C59H106O12. The Bertz CT molecular complexity index is 1340. The van der Waals surface area contributed by atoms with Crippen LogP contribution in [0.3, 0.4) is 0 Å².